The van der Waals surface area contributed by atoms with Crippen LogP contribution in [0, 0.1) is 28.6 Å². The highest BCUT2D eigenvalue weighted by atomic mass is 19.1. The molecule has 27 heavy (non-hydrogen) atoms. The largest absolute Gasteiger partial charge is 0.390 e. The molecule has 0 aromatic heterocycles. The molecule has 4 aliphatic carbocycles. The van der Waals surface area contributed by atoms with Crippen LogP contribution in [0.4, 0.5) is 4.39 Å². The van der Waals surface area contributed by atoms with Crippen LogP contribution in [0.15, 0.2) is 11.6 Å². The van der Waals surface area contributed by atoms with Gasteiger partial charge >= 0.3 is 0 Å². The number of alkyl halides is 1. The monoisotopic (exact) mass is 378 g/mol. The van der Waals surface area contributed by atoms with Crippen LogP contribution in [0.25, 0.3) is 0 Å². The van der Waals surface area contributed by atoms with Crippen LogP contribution in [0.5, 0.6) is 0 Å². The zero-order valence-electron chi connectivity index (χ0n) is 16.7. The summed E-state index contributed by atoms with van der Waals surface area (Å²) >= 11 is 0. The predicted octanol–water partition coefficient (Wildman–Crippen LogP) is 3.15. The van der Waals surface area contributed by atoms with Gasteiger partial charge in [-0.15, -0.1) is 0 Å². The Bertz CT molecular complexity index is 747. The molecule has 4 nitrogen and oxygen atoms in total. The van der Waals surface area contributed by atoms with E-state index in [4.69, 9.17) is 0 Å². The summed E-state index contributed by atoms with van der Waals surface area (Å²) in [6, 6.07) is 0. The molecule has 0 aliphatic heterocycles. The molecule has 0 aromatic rings. The van der Waals surface area contributed by atoms with Crippen molar-refractivity contribution >= 4 is 11.6 Å². The zero-order chi connectivity index (χ0) is 20.0. The molecule has 0 heterocycles. The Kier molecular flexibility index (Phi) is 3.93. The average Bonchev–Trinajstić information content (AvgIpc) is 2.85. The lowest BCUT2D eigenvalue weighted by atomic mass is 9.42. The molecule has 0 amide bonds. The van der Waals surface area contributed by atoms with Crippen molar-refractivity contribution in [3.63, 3.8) is 0 Å². The second-order valence-electron chi connectivity index (χ2n) is 10.1. The van der Waals surface area contributed by atoms with Gasteiger partial charge in [-0.2, -0.15) is 0 Å². The second-order valence-corrected chi connectivity index (χ2v) is 10.1. The third-order valence-corrected chi connectivity index (χ3v) is 9.10. The van der Waals surface area contributed by atoms with Crippen LogP contribution in [0.2, 0.25) is 0 Å². The van der Waals surface area contributed by atoms with Crippen molar-refractivity contribution in [3.8, 4) is 0 Å². The number of hydrogen-bond acceptors (Lipinski definition) is 4. The van der Waals surface area contributed by atoms with Gasteiger partial charge in [-0.3, -0.25) is 9.59 Å². The number of hydrogen-bond donors (Lipinski definition) is 2. The smallest absolute Gasteiger partial charge is 0.161 e. The summed E-state index contributed by atoms with van der Waals surface area (Å²) in [6.45, 7) is 7.16. The van der Waals surface area contributed by atoms with Gasteiger partial charge in [0, 0.05) is 23.2 Å². The number of allylic oxidation sites excluding steroid dienone is 1. The summed E-state index contributed by atoms with van der Waals surface area (Å²) in [5.74, 6) is -0.778. The van der Waals surface area contributed by atoms with Crippen molar-refractivity contribution in [2.45, 2.75) is 83.6 Å². The van der Waals surface area contributed by atoms with E-state index in [1.165, 1.54) is 6.92 Å². The van der Waals surface area contributed by atoms with Crippen LogP contribution in [-0.4, -0.2) is 39.2 Å². The molecule has 4 rings (SSSR count). The van der Waals surface area contributed by atoms with Gasteiger partial charge in [0.25, 0.3) is 0 Å². The van der Waals surface area contributed by atoms with Crippen LogP contribution < -0.4 is 0 Å². The zero-order valence-corrected chi connectivity index (χ0v) is 16.7. The van der Waals surface area contributed by atoms with Crippen LogP contribution in [-0.2, 0) is 9.59 Å². The summed E-state index contributed by atoms with van der Waals surface area (Å²) in [4.78, 5) is 24.3. The first-order valence-corrected chi connectivity index (χ1v) is 10.3. The highest BCUT2D eigenvalue weighted by Crippen LogP contribution is 2.71. The quantitative estimate of drug-likeness (QED) is 0.735. The number of ketones is 2. The number of aliphatic hydroxyl groups excluding tert-OH is 1. The maximum atomic E-state index is 16.9. The number of carbonyl (C=O) groups excluding carboxylic acids is 2. The lowest BCUT2D eigenvalue weighted by Crippen LogP contribution is -2.70. The first kappa shape index (κ1) is 19.3. The van der Waals surface area contributed by atoms with E-state index >= 15 is 4.39 Å². The molecule has 2 N–H and O–H groups in total. The van der Waals surface area contributed by atoms with Crippen molar-refractivity contribution in [3.05, 3.63) is 11.6 Å². The fourth-order valence-corrected chi connectivity index (χ4v) is 7.55. The van der Waals surface area contributed by atoms with Crippen LogP contribution >= 0.6 is 0 Å². The minimum atomic E-state index is -1.84. The van der Waals surface area contributed by atoms with Crippen LogP contribution in [0.1, 0.15) is 66.2 Å². The fraction of sp³-hybridized carbons (Fsp3) is 0.818. The molecule has 3 fully saturated rings. The molecule has 0 aromatic carbocycles. The molecule has 8 atom stereocenters. The topological polar surface area (TPSA) is 74.6 Å². The minimum absolute atomic E-state index is 0.0401. The Hall–Kier alpha value is -1.07. The molecule has 0 radical (unpaired) electrons. The van der Waals surface area contributed by atoms with Gasteiger partial charge in [0.15, 0.2) is 11.6 Å². The summed E-state index contributed by atoms with van der Waals surface area (Å²) < 4.78 is 16.9. The Morgan fingerprint density at radius 2 is 1.93 bits per heavy atom. The third kappa shape index (κ3) is 2.05. The lowest BCUT2D eigenvalue weighted by Gasteiger charge is -2.64. The molecular weight excluding hydrogens is 347 g/mol. The number of rotatable bonds is 1. The van der Waals surface area contributed by atoms with Gasteiger partial charge in [-0.05, 0) is 56.9 Å². The number of halogens is 1. The number of Topliss-reactive ketones (excluding diaryl/α,β-unsaturated/α-hetero) is 1. The molecule has 0 saturated heterocycles. The first-order valence-electron chi connectivity index (χ1n) is 10.3. The molecule has 3 unspecified atom stereocenters. The summed E-state index contributed by atoms with van der Waals surface area (Å²) in [7, 11) is 0. The predicted molar refractivity (Wildman–Crippen MR) is 98.6 cm³/mol. The van der Waals surface area contributed by atoms with Gasteiger partial charge in [-0.25, -0.2) is 4.39 Å². The van der Waals surface area contributed by atoms with Crippen molar-refractivity contribution in [2.75, 3.05) is 0 Å². The number of carbonyl (C=O) groups is 2. The molecular formula is C22H31FO4. The molecule has 0 bridgehead atoms. The highest BCUT2D eigenvalue weighted by Gasteiger charge is 2.74. The maximum absolute atomic E-state index is 16.9. The van der Waals surface area contributed by atoms with E-state index in [-0.39, 0.29) is 29.8 Å². The van der Waals surface area contributed by atoms with E-state index < -0.39 is 34.1 Å². The summed E-state index contributed by atoms with van der Waals surface area (Å²) in [6.07, 6.45) is 2.60. The normalized spacial score (nSPS) is 54.6. The average molecular weight is 378 g/mol. The van der Waals surface area contributed by atoms with E-state index in [0.717, 1.165) is 5.57 Å². The lowest BCUT2D eigenvalue weighted by molar-refractivity contribution is -0.230. The summed E-state index contributed by atoms with van der Waals surface area (Å²) in [5.41, 5.74) is -4.19. The minimum Gasteiger partial charge on any atom is -0.390 e. The Morgan fingerprint density at radius 3 is 2.56 bits per heavy atom. The Morgan fingerprint density at radius 1 is 1.26 bits per heavy atom. The molecule has 3 saturated carbocycles. The summed E-state index contributed by atoms with van der Waals surface area (Å²) in [5, 5.41) is 22.3. The van der Waals surface area contributed by atoms with Gasteiger partial charge in [0.05, 0.1) is 6.10 Å². The number of fused-ring (bicyclic) bond motifs is 5. The Balaban J connectivity index is 1.85. The van der Waals surface area contributed by atoms with E-state index in [1.54, 1.807) is 6.08 Å². The van der Waals surface area contributed by atoms with Crippen molar-refractivity contribution in [2.24, 2.45) is 28.6 Å². The van der Waals surface area contributed by atoms with E-state index in [0.29, 0.717) is 32.1 Å². The molecule has 5 heteroatoms. The molecule has 150 valence electrons. The SMILES string of the molecule is CC(=O)[C@@]1(O)CCC2C3C[C@H](C)C4=CC(=O)CC[C@]4(C)C3(F)[C@@H](O)C[C@@]21C. The molecule has 4 aliphatic rings. The standard InChI is InChI=1S/C22H31FO4/c1-12-9-17-15-6-8-21(27,13(2)24)20(15,4)11-18(26)22(17,23)19(3)7-5-14(25)10-16(12)19/h10,12,15,17-18,26-27H,5-9,11H2,1-4H3/t12-,15?,17?,18-,19-,20-,21-,22?/m0/s1. The number of aliphatic hydroxyl groups is 2. The van der Waals surface area contributed by atoms with E-state index in [1.807, 2.05) is 20.8 Å². The van der Waals surface area contributed by atoms with Crippen molar-refractivity contribution in [1.29, 1.82) is 0 Å². The highest BCUT2D eigenvalue weighted by molar-refractivity contribution is 5.92. The first-order chi connectivity index (χ1) is 12.4. The van der Waals surface area contributed by atoms with Crippen molar-refractivity contribution < 1.29 is 24.2 Å². The van der Waals surface area contributed by atoms with Crippen molar-refractivity contribution in [1.82, 2.24) is 0 Å². The van der Waals surface area contributed by atoms with Gasteiger partial charge in [0.1, 0.15) is 11.3 Å². The Labute approximate surface area is 160 Å². The van der Waals surface area contributed by atoms with Gasteiger partial charge in [-0.1, -0.05) is 26.3 Å². The van der Waals surface area contributed by atoms with E-state index in [2.05, 4.69) is 0 Å². The van der Waals surface area contributed by atoms with Gasteiger partial charge < -0.3 is 10.2 Å². The maximum Gasteiger partial charge on any atom is 0.161 e. The van der Waals surface area contributed by atoms with E-state index in [9.17, 15) is 19.8 Å². The molecule has 0 spiro atoms. The fourth-order valence-electron chi connectivity index (χ4n) is 7.55. The van der Waals surface area contributed by atoms with Gasteiger partial charge in [0.2, 0.25) is 0 Å². The third-order valence-electron chi connectivity index (χ3n) is 9.10. The second kappa shape index (κ2) is 5.50. The van der Waals surface area contributed by atoms with Crippen LogP contribution in [0.3, 0.4) is 0 Å².